The predicted octanol–water partition coefficient (Wildman–Crippen LogP) is 1.90. The topological polar surface area (TPSA) is 133 Å². The monoisotopic (exact) mass is 478 g/mol. The largest absolute Gasteiger partial charge is 0.477 e. The number of carbonyl (C=O) groups is 1. The van der Waals surface area contributed by atoms with Crippen LogP contribution in [0, 0.1) is 5.82 Å². The minimum absolute atomic E-state index is 0.0261. The molecule has 1 saturated carbocycles. The van der Waals surface area contributed by atoms with Gasteiger partial charge >= 0.3 is 5.97 Å². The molecule has 0 spiro atoms. The van der Waals surface area contributed by atoms with Crippen LogP contribution in [0.15, 0.2) is 52.3 Å². The van der Waals surface area contributed by atoms with Gasteiger partial charge in [0.2, 0.25) is 11.0 Å². The van der Waals surface area contributed by atoms with Gasteiger partial charge in [0.25, 0.3) is 0 Å². The second kappa shape index (κ2) is 9.26. The summed E-state index contributed by atoms with van der Waals surface area (Å²) in [6, 6.07) is 8.23. The maximum absolute atomic E-state index is 14.5. The van der Waals surface area contributed by atoms with E-state index in [1.807, 2.05) is 17.0 Å². The first-order valence-electron chi connectivity index (χ1n) is 11.3. The van der Waals surface area contributed by atoms with Crippen LogP contribution in [0.25, 0.3) is 22.1 Å². The summed E-state index contributed by atoms with van der Waals surface area (Å²) in [6.07, 6.45) is 4.80. The zero-order valence-corrected chi connectivity index (χ0v) is 18.7. The van der Waals surface area contributed by atoms with Gasteiger partial charge < -0.3 is 24.9 Å². The molecule has 1 aliphatic carbocycles. The molecular weight excluding hydrogens is 455 g/mol. The molecule has 35 heavy (non-hydrogen) atoms. The van der Waals surface area contributed by atoms with Gasteiger partial charge in [-0.2, -0.15) is 0 Å². The lowest BCUT2D eigenvalue weighted by molar-refractivity contribution is 0.0695. The molecule has 3 N–H and O–H groups in total. The number of halogens is 1. The van der Waals surface area contributed by atoms with Crippen molar-refractivity contribution < 1.29 is 14.3 Å². The Kier molecular flexibility index (Phi) is 6.00. The summed E-state index contributed by atoms with van der Waals surface area (Å²) in [7, 11) is 0. The zero-order valence-electron chi connectivity index (χ0n) is 18.7. The number of pyridine rings is 4. The van der Waals surface area contributed by atoms with Crippen LogP contribution in [-0.4, -0.2) is 56.8 Å². The van der Waals surface area contributed by atoms with Crippen LogP contribution >= 0.6 is 0 Å². The zero-order chi connectivity index (χ0) is 24.5. The third-order valence-electron chi connectivity index (χ3n) is 6.02. The lowest BCUT2D eigenvalue weighted by atomic mass is 10.2. The maximum atomic E-state index is 14.5. The van der Waals surface area contributed by atoms with E-state index in [-0.39, 0.29) is 28.4 Å². The molecule has 0 aromatic carbocycles. The summed E-state index contributed by atoms with van der Waals surface area (Å²) in [5.41, 5.74) is -0.142. The highest BCUT2D eigenvalue weighted by Gasteiger charge is 2.29. The van der Waals surface area contributed by atoms with Crippen LogP contribution < -0.4 is 21.2 Å². The van der Waals surface area contributed by atoms with Crippen molar-refractivity contribution in [3.05, 3.63) is 74.7 Å². The second-order valence-corrected chi connectivity index (χ2v) is 8.48. The number of nitrogens with one attached hydrogen (secondary N) is 2. The van der Waals surface area contributed by atoms with Crippen LogP contribution in [0.5, 0.6) is 0 Å². The molecular formula is C24H23FN6O4. The molecule has 2 aliphatic rings. The number of hydrogen-bond donors (Lipinski definition) is 3. The van der Waals surface area contributed by atoms with Crippen molar-refractivity contribution in [2.24, 2.45) is 0 Å². The Labute approximate surface area is 198 Å². The van der Waals surface area contributed by atoms with E-state index in [1.54, 1.807) is 16.8 Å². The van der Waals surface area contributed by atoms with E-state index in [9.17, 15) is 23.9 Å². The van der Waals surface area contributed by atoms with Crippen LogP contribution in [0.2, 0.25) is 0 Å². The number of carboxylic acids is 1. The Hall–Kier alpha value is -4.12. The van der Waals surface area contributed by atoms with Gasteiger partial charge in [-0.05, 0) is 37.1 Å². The molecule has 0 atom stereocenters. The molecule has 0 unspecified atom stereocenters. The van der Waals surface area contributed by atoms with E-state index >= 15 is 0 Å². The number of nitrogens with zero attached hydrogens (tertiary/aromatic N) is 4. The number of aromatic carboxylic acids is 1. The van der Waals surface area contributed by atoms with Crippen LogP contribution in [0.4, 0.5) is 10.2 Å². The molecule has 0 radical (unpaired) electrons. The van der Waals surface area contributed by atoms with Crippen molar-refractivity contribution in [2.75, 3.05) is 31.1 Å². The SMILES string of the molecule is O=C(O)c1cn(C2CC2)c2nc(N3CCNCC3)c(F)cc2c1=O.O=c1ccc2cccnc2[nH]1. The minimum atomic E-state index is -1.30. The van der Waals surface area contributed by atoms with Crippen molar-refractivity contribution in [1.29, 1.82) is 0 Å². The van der Waals surface area contributed by atoms with Gasteiger partial charge in [0.15, 0.2) is 11.6 Å². The molecule has 1 saturated heterocycles. The lowest BCUT2D eigenvalue weighted by Crippen LogP contribution is -2.44. The number of aromatic amines is 1. The smallest absolute Gasteiger partial charge is 0.341 e. The van der Waals surface area contributed by atoms with Gasteiger partial charge in [0.05, 0.1) is 5.39 Å². The molecule has 5 heterocycles. The third kappa shape index (κ3) is 4.62. The van der Waals surface area contributed by atoms with Crippen LogP contribution in [0.3, 0.4) is 0 Å². The van der Waals surface area contributed by atoms with Gasteiger partial charge in [-0.25, -0.2) is 19.2 Å². The average Bonchev–Trinajstić information content (AvgIpc) is 3.70. The molecule has 0 bridgehead atoms. The summed E-state index contributed by atoms with van der Waals surface area (Å²) in [6.45, 7) is 2.76. The van der Waals surface area contributed by atoms with Crippen molar-refractivity contribution in [2.45, 2.75) is 18.9 Å². The number of carboxylic acid groups (broad SMARTS) is 1. The van der Waals surface area contributed by atoms with Gasteiger partial charge in [0, 0.05) is 56.1 Å². The quantitative estimate of drug-likeness (QED) is 0.407. The van der Waals surface area contributed by atoms with E-state index in [2.05, 4.69) is 20.3 Å². The van der Waals surface area contributed by atoms with Gasteiger partial charge in [-0.15, -0.1) is 0 Å². The third-order valence-corrected chi connectivity index (χ3v) is 6.02. The molecule has 4 aromatic heterocycles. The molecule has 4 aromatic rings. The summed E-state index contributed by atoms with van der Waals surface area (Å²) in [4.78, 5) is 47.4. The van der Waals surface area contributed by atoms with Crippen molar-refractivity contribution in [1.82, 2.24) is 24.8 Å². The number of fused-ring (bicyclic) bond motifs is 2. The number of anilines is 1. The molecule has 2 fully saturated rings. The molecule has 0 amide bonds. The van der Waals surface area contributed by atoms with E-state index in [4.69, 9.17) is 0 Å². The lowest BCUT2D eigenvalue weighted by Gasteiger charge is -2.29. The second-order valence-electron chi connectivity index (χ2n) is 8.48. The Bertz CT molecular complexity index is 1540. The van der Waals surface area contributed by atoms with Crippen molar-refractivity contribution in [3.63, 3.8) is 0 Å². The number of hydrogen-bond acceptors (Lipinski definition) is 7. The molecule has 11 heteroatoms. The fourth-order valence-corrected chi connectivity index (χ4v) is 4.10. The maximum Gasteiger partial charge on any atom is 0.341 e. The normalized spacial score (nSPS) is 15.6. The Morgan fingerprint density at radius 1 is 1.14 bits per heavy atom. The Morgan fingerprint density at radius 3 is 2.63 bits per heavy atom. The minimum Gasteiger partial charge on any atom is -0.477 e. The number of rotatable bonds is 3. The molecule has 180 valence electrons. The summed E-state index contributed by atoms with van der Waals surface area (Å²) in [5.74, 6) is -1.67. The van der Waals surface area contributed by atoms with Crippen LogP contribution in [-0.2, 0) is 0 Å². The first-order valence-corrected chi connectivity index (χ1v) is 11.3. The number of piperazine rings is 1. The first-order chi connectivity index (χ1) is 16.9. The average molecular weight is 478 g/mol. The van der Waals surface area contributed by atoms with Gasteiger partial charge in [0.1, 0.15) is 16.9 Å². The van der Waals surface area contributed by atoms with E-state index in [0.29, 0.717) is 24.4 Å². The molecule has 10 nitrogen and oxygen atoms in total. The summed E-state index contributed by atoms with van der Waals surface area (Å²) >= 11 is 0. The fourth-order valence-electron chi connectivity index (χ4n) is 4.10. The van der Waals surface area contributed by atoms with Gasteiger partial charge in [-0.3, -0.25) is 9.59 Å². The van der Waals surface area contributed by atoms with Crippen molar-refractivity contribution >= 4 is 33.9 Å². The highest BCUT2D eigenvalue weighted by Crippen LogP contribution is 2.37. The van der Waals surface area contributed by atoms with Crippen LogP contribution in [0.1, 0.15) is 29.2 Å². The summed E-state index contributed by atoms with van der Waals surface area (Å²) < 4.78 is 16.3. The molecule has 1 aliphatic heterocycles. The summed E-state index contributed by atoms with van der Waals surface area (Å²) in [5, 5.41) is 13.4. The highest BCUT2D eigenvalue weighted by atomic mass is 19.1. The fraction of sp³-hybridized carbons (Fsp3) is 0.292. The standard InChI is InChI=1S/C16H17FN4O3.C8H6N2O/c17-12-7-10-13(22)11(16(23)24)8-21(9-1-2-9)14(10)19-15(12)20-5-3-18-4-6-20;11-7-4-3-6-2-1-5-9-8(6)10-7/h7-9,18H,1-6H2,(H,23,24);1-5H,(H,9,10,11). The number of aromatic nitrogens is 4. The number of H-pyrrole nitrogens is 1. The van der Waals surface area contributed by atoms with E-state index in [0.717, 1.165) is 37.4 Å². The predicted molar refractivity (Wildman–Crippen MR) is 129 cm³/mol. The Balaban J connectivity index is 0.000000192. The highest BCUT2D eigenvalue weighted by molar-refractivity contribution is 5.92. The Morgan fingerprint density at radius 2 is 1.91 bits per heavy atom. The van der Waals surface area contributed by atoms with E-state index in [1.165, 1.54) is 12.3 Å². The van der Waals surface area contributed by atoms with Gasteiger partial charge in [-0.1, -0.05) is 0 Å². The van der Waals surface area contributed by atoms with E-state index < -0.39 is 17.2 Å². The van der Waals surface area contributed by atoms with Crippen molar-refractivity contribution in [3.8, 4) is 0 Å². The molecule has 6 rings (SSSR count). The first kappa shape index (κ1) is 22.7.